The van der Waals surface area contributed by atoms with Gasteiger partial charge in [0.1, 0.15) is 0 Å². The van der Waals surface area contributed by atoms with Crippen molar-refractivity contribution in [1.82, 2.24) is 15.7 Å². The largest absolute Gasteiger partial charge is 0.361 e. The number of amides is 2. The highest BCUT2D eigenvalue weighted by molar-refractivity contribution is 6.35. The van der Waals surface area contributed by atoms with Crippen molar-refractivity contribution < 1.29 is 9.59 Å². The summed E-state index contributed by atoms with van der Waals surface area (Å²) in [4.78, 5) is 25.9. The molecule has 6 nitrogen and oxygen atoms in total. The summed E-state index contributed by atoms with van der Waals surface area (Å²) in [6.45, 7) is 3.56. The Labute approximate surface area is 116 Å². The molecule has 2 aromatic rings. The van der Waals surface area contributed by atoms with Gasteiger partial charge >= 0.3 is 11.8 Å². The fourth-order valence-corrected chi connectivity index (χ4v) is 1.74. The lowest BCUT2D eigenvalue weighted by Crippen LogP contribution is -2.41. The first-order valence-corrected chi connectivity index (χ1v) is 6.28. The van der Waals surface area contributed by atoms with E-state index >= 15 is 0 Å². The number of rotatable bonds is 3. The lowest BCUT2D eigenvalue weighted by molar-refractivity contribution is -0.139. The second-order valence-corrected chi connectivity index (χ2v) is 4.62. The molecule has 0 aliphatic carbocycles. The number of fused-ring (bicyclic) bond motifs is 1. The summed E-state index contributed by atoms with van der Waals surface area (Å²) >= 11 is 0. The Morgan fingerprint density at radius 2 is 2.00 bits per heavy atom. The van der Waals surface area contributed by atoms with E-state index in [1.165, 1.54) is 6.21 Å². The minimum absolute atomic E-state index is 0.0918. The van der Waals surface area contributed by atoms with E-state index < -0.39 is 11.8 Å². The molecule has 0 saturated heterocycles. The molecular weight excluding hydrogens is 256 g/mol. The van der Waals surface area contributed by atoms with Crippen molar-refractivity contribution in [2.75, 3.05) is 0 Å². The van der Waals surface area contributed by atoms with E-state index in [0.717, 1.165) is 16.5 Å². The summed E-state index contributed by atoms with van der Waals surface area (Å²) in [6, 6.07) is 7.65. The van der Waals surface area contributed by atoms with Crippen LogP contribution >= 0.6 is 0 Å². The first kappa shape index (κ1) is 13.8. The van der Waals surface area contributed by atoms with Crippen molar-refractivity contribution >= 4 is 28.9 Å². The van der Waals surface area contributed by atoms with Crippen LogP contribution < -0.4 is 10.7 Å². The van der Waals surface area contributed by atoms with Crippen LogP contribution in [0.3, 0.4) is 0 Å². The molecule has 0 spiro atoms. The summed E-state index contributed by atoms with van der Waals surface area (Å²) in [5.74, 6) is -1.48. The maximum Gasteiger partial charge on any atom is 0.329 e. The number of H-pyrrole nitrogens is 1. The topological polar surface area (TPSA) is 86.3 Å². The lowest BCUT2D eigenvalue weighted by atomic mass is 10.2. The zero-order valence-corrected chi connectivity index (χ0v) is 11.3. The summed E-state index contributed by atoms with van der Waals surface area (Å²) in [5.41, 5.74) is 4.02. The lowest BCUT2D eigenvalue weighted by Gasteiger charge is -2.05. The van der Waals surface area contributed by atoms with Crippen molar-refractivity contribution in [2.24, 2.45) is 5.10 Å². The predicted molar refractivity (Wildman–Crippen MR) is 77.3 cm³/mol. The number of hydrogen-bond donors (Lipinski definition) is 3. The van der Waals surface area contributed by atoms with Crippen LogP contribution in [0.1, 0.15) is 19.4 Å². The summed E-state index contributed by atoms with van der Waals surface area (Å²) in [6.07, 6.45) is 3.29. The number of carbonyl (C=O) groups excluding carboxylic acids is 2. The van der Waals surface area contributed by atoms with Gasteiger partial charge in [0.2, 0.25) is 0 Å². The highest BCUT2D eigenvalue weighted by Crippen LogP contribution is 2.15. The summed E-state index contributed by atoms with van der Waals surface area (Å²) in [7, 11) is 0. The van der Waals surface area contributed by atoms with Crippen LogP contribution in [-0.4, -0.2) is 29.1 Å². The maximum absolute atomic E-state index is 11.4. The van der Waals surface area contributed by atoms with Crippen LogP contribution in [0.2, 0.25) is 0 Å². The van der Waals surface area contributed by atoms with Crippen molar-refractivity contribution in [3.63, 3.8) is 0 Å². The highest BCUT2D eigenvalue weighted by atomic mass is 16.2. The molecule has 1 heterocycles. The number of hydrazone groups is 1. The van der Waals surface area contributed by atoms with Crippen LogP contribution in [0.4, 0.5) is 0 Å². The fourth-order valence-electron chi connectivity index (χ4n) is 1.74. The van der Waals surface area contributed by atoms with Crippen molar-refractivity contribution in [3.05, 3.63) is 36.0 Å². The molecule has 0 bridgehead atoms. The standard InChI is InChI=1S/C14H16N4O2/c1-9(2)17-13(19)14(20)18-16-8-10-7-15-12-6-4-3-5-11(10)12/h3-9,15H,1-2H3,(H,17,19)(H,18,20)/b16-8+. The Hall–Kier alpha value is -2.63. The van der Waals surface area contributed by atoms with Gasteiger partial charge in [0, 0.05) is 28.7 Å². The Morgan fingerprint density at radius 3 is 2.75 bits per heavy atom. The van der Waals surface area contributed by atoms with Gasteiger partial charge in [-0.3, -0.25) is 9.59 Å². The molecule has 0 radical (unpaired) electrons. The third-order valence-corrected chi connectivity index (χ3v) is 2.62. The van der Waals surface area contributed by atoms with Gasteiger partial charge in [-0.25, -0.2) is 5.43 Å². The van der Waals surface area contributed by atoms with E-state index in [1.807, 2.05) is 24.3 Å². The highest BCUT2D eigenvalue weighted by Gasteiger charge is 2.12. The Balaban J connectivity index is 2.00. The number of para-hydroxylation sites is 1. The first-order chi connectivity index (χ1) is 9.58. The molecule has 0 unspecified atom stereocenters. The van der Waals surface area contributed by atoms with Gasteiger partial charge in [-0.15, -0.1) is 0 Å². The van der Waals surface area contributed by atoms with Crippen molar-refractivity contribution in [3.8, 4) is 0 Å². The van der Waals surface area contributed by atoms with Gasteiger partial charge in [-0.2, -0.15) is 5.10 Å². The minimum atomic E-state index is -0.783. The number of nitrogens with zero attached hydrogens (tertiary/aromatic N) is 1. The molecule has 0 saturated carbocycles. The van der Waals surface area contributed by atoms with Crippen LogP contribution in [0.15, 0.2) is 35.6 Å². The number of aromatic amines is 1. The summed E-state index contributed by atoms with van der Waals surface area (Å²) in [5, 5.41) is 7.27. The first-order valence-electron chi connectivity index (χ1n) is 6.28. The second-order valence-electron chi connectivity index (χ2n) is 4.62. The molecule has 104 valence electrons. The summed E-state index contributed by atoms with van der Waals surface area (Å²) < 4.78 is 0. The van der Waals surface area contributed by atoms with Crippen LogP contribution in [0, 0.1) is 0 Å². The monoisotopic (exact) mass is 272 g/mol. The van der Waals surface area contributed by atoms with Crippen LogP contribution in [0.25, 0.3) is 10.9 Å². The molecule has 20 heavy (non-hydrogen) atoms. The number of nitrogens with one attached hydrogen (secondary N) is 3. The third-order valence-electron chi connectivity index (χ3n) is 2.62. The molecule has 6 heteroatoms. The van der Waals surface area contributed by atoms with Gasteiger partial charge in [-0.05, 0) is 19.9 Å². The molecule has 0 atom stereocenters. The van der Waals surface area contributed by atoms with E-state index in [0.29, 0.717) is 0 Å². The van der Waals surface area contributed by atoms with Gasteiger partial charge in [0.05, 0.1) is 6.21 Å². The van der Waals surface area contributed by atoms with Crippen molar-refractivity contribution in [1.29, 1.82) is 0 Å². The van der Waals surface area contributed by atoms with Crippen LogP contribution in [0.5, 0.6) is 0 Å². The fraction of sp³-hybridized carbons (Fsp3) is 0.214. The molecule has 0 fully saturated rings. The quantitative estimate of drug-likeness (QED) is 0.444. The molecule has 1 aromatic heterocycles. The van der Waals surface area contributed by atoms with Gasteiger partial charge in [-0.1, -0.05) is 18.2 Å². The average Bonchev–Trinajstić information content (AvgIpc) is 2.81. The van der Waals surface area contributed by atoms with E-state index in [-0.39, 0.29) is 6.04 Å². The molecule has 3 N–H and O–H groups in total. The SMILES string of the molecule is CC(C)NC(=O)C(=O)N/N=C/c1c[nH]c2ccccc12. The van der Waals surface area contributed by atoms with E-state index in [4.69, 9.17) is 0 Å². The molecule has 0 aliphatic rings. The molecule has 0 aliphatic heterocycles. The minimum Gasteiger partial charge on any atom is -0.361 e. The molecule has 2 amide bonds. The third kappa shape index (κ3) is 3.23. The number of benzene rings is 1. The zero-order chi connectivity index (χ0) is 14.5. The van der Waals surface area contributed by atoms with Gasteiger partial charge in [0.25, 0.3) is 0 Å². The molecular formula is C14H16N4O2. The van der Waals surface area contributed by atoms with Crippen LogP contribution in [-0.2, 0) is 9.59 Å². The Morgan fingerprint density at radius 1 is 1.25 bits per heavy atom. The average molecular weight is 272 g/mol. The molecule has 2 rings (SSSR count). The number of hydrogen-bond acceptors (Lipinski definition) is 3. The normalized spacial score (nSPS) is 11.2. The van der Waals surface area contributed by atoms with Gasteiger partial charge < -0.3 is 10.3 Å². The van der Waals surface area contributed by atoms with E-state index in [1.54, 1.807) is 20.0 Å². The number of aromatic nitrogens is 1. The molecule has 1 aromatic carbocycles. The van der Waals surface area contributed by atoms with Gasteiger partial charge in [0.15, 0.2) is 0 Å². The van der Waals surface area contributed by atoms with Crippen molar-refractivity contribution in [2.45, 2.75) is 19.9 Å². The van der Waals surface area contributed by atoms with E-state index in [2.05, 4.69) is 20.8 Å². The second kappa shape index (κ2) is 6.01. The maximum atomic E-state index is 11.4. The Kier molecular flexibility index (Phi) is 4.14. The zero-order valence-electron chi connectivity index (χ0n) is 11.3. The predicted octanol–water partition coefficient (Wildman–Crippen LogP) is 1.14. The smallest absolute Gasteiger partial charge is 0.329 e. The Bertz CT molecular complexity index is 658. The van der Waals surface area contributed by atoms with E-state index in [9.17, 15) is 9.59 Å². The number of carbonyl (C=O) groups is 2.